The number of benzene rings is 2. The fourth-order valence-corrected chi connectivity index (χ4v) is 5.78. The van der Waals surface area contributed by atoms with Gasteiger partial charge in [-0.05, 0) is 66.9 Å². The van der Waals surface area contributed by atoms with Gasteiger partial charge in [0.1, 0.15) is 11.9 Å². The number of methoxy groups -OCH3 is 1. The van der Waals surface area contributed by atoms with Crippen molar-refractivity contribution in [1.29, 1.82) is 0 Å². The van der Waals surface area contributed by atoms with Crippen LogP contribution in [-0.2, 0) is 27.3 Å². The first-order valence-corrected chi connectivity index (χ1v) is 15.7. The highest BCUT2D eigenvalue weighted by molar-refractivity contribution is 7.90. The van der Waals surface area contributed by atoms with Crippen molar-refractivity contribution in [2.45, 2.75) is 43.9 Å². The summed E-state index contributed by atoms with van der Waals surface area (Å²) in [5.41, 5.74) is 0.908. The van der Waals surface area contributed by atoms with E-state index in [1.54, 1.807) is 19.1 Å². The Balaban J connectivity index is 1.59. The van der Waals surface area contributed by atoms with Crippen LogP contribution >= 0.6 is 0 Å². The first-order chi connectivity index (χ1) is 22.0. The number of hydrogen-bond donors (Lipinski definition) is 1. The Morgan fingerprint density at radius 3 is 2.40 bits per heavy atom. The Morgan fingerprint density at radius 1 is 1.06 bits per heavy atom. The minimum atomic E-state index is -4.85. The molecule has 1 N–H and O–H groups in total. The molecule has 246 valence electrons. The van der Waals surface area contributed by atoms with Crippen LogP contribution in [0.15, 0.2) is 60.0 Å². The number of alkyl halides is 3. The van der Waals surface area contributed by atoms with Crippen molar-refractivity contribution in [2.24, 2.45) is 0 Å². The highest BCUT2D eigenvalue weighted by atomic mass is 32.2. The third-order valence-corrected chi connectivity index (χ3v) is 8.44. The molecule has 1 amide bonds. The second-order valence-electron chi connectivity index (χ2n) is 10.8. The Hall–Kier alpha value is -5.12. The predicted molar refractivity (Wildman–Crippen MR) is 158 cm³/mol. The third-order valence-electron chi connectivity index (χ3n) is 7.58. The predicted octanol–water partition coefficient (Wildman–Crippen LogP) is 5.86. The van der Waals surface area contributed by atoms with E-state index in [1.807, 2.05) is 0 Å². The van der Waals surface area contributed by atoms with Crippen LogP contribution in [0.4, 0.5) is 22.4 Å². The van der Waals surface area contributed by atoms with Crippen LogP contribution in [-0.4, -0.2) is 64.8 Å². The summed E-state index contributed by atoms with van der Waals surface area (Å²) in [4.78, 5) is 38.2. The summed E-state index contributed by atoms with van der Waals surface area (Å²) in [7, 11) is -2.60. The molecule has 0 bridgehead atoms. The second-order valence-corrected chi connectivity index (χ2v) is 12.8. The van der Waals surface area contributed by atoms with E-state index in [1.165, 1.54) is 38.6 Å². The molecule has 2 aromatic heterocycles. The van der Waals surface area contributed by atoms with Gasteiger partial charge in [-0.15, -0.1) is 0 Å². The summed E-state index contributed by atoms with van der Waals surface area (Å²) < 4.78 is 90.1. The molecule has 1 aliphatic rings. The molecule has 1 saturated heterocycles. The van der Waals surface area contributed by atoms with Crippen LogP contribution in [0.3, 0.4) is 0 Å². The number of nitrogens with zero attached hydrogens (tertiary/aromatic N) is 4. The lowest BCUT2D eigenvalue weighted by Crippen LogP contribution is -2.32. The molecule has 0 radical (unpaired) electrons. The summed E-state index contributed by atoms with van der Waals surface area (Å²) in [6, 6.07) is 7.11. The summed E-state index contributed by atoms with van der Waals surface area (Å²) >= 11 is 0. The molecular weight excluding hydrogens is 648 g/mol. The average Bonchev–Trinajstić information content (AvgIpc) is 3.28. The van der Waals surface area contributed by atoms with E-state index in [0.29, 0.717) is 34.4 Å². The summed E-state index contributed by atoms with van der Waals surface area (Å²) in [6.45, 7) is 2.81. The van der Waals surface area contributed by atoms with Gasteiger partial charge in [0, 0.05) is 35.3 Å². The normalized spacial score (nSPS) is 16.7. The number of sulfone groups is 1. The molecule has 2 atom stereocenters. The minimum absolute atomic E-state index is 0.00953. The summed E-state index contributed by atoms with van der Waals surface area (Å²) in [5, 5.41) is 8.79. The number of rotatable bonds is 8. The molecule has 47 heavy (non-hydrogen) atoms. The number of carbonyl (C=O) groups is 2. The van der Waals surface area contributed by atoms with E-state index in [2.05, 4.69) is 15.0 Å². The van der Waals surface area contributed by atoms with Crippen LogP contribution in [0.1, 0.15) is 45.8 Å². The van der Waals surface area contributed by atoms with Gasteiger partial charge in [-0.25, -0.2) is 37.3 Å². The van der Waals surface area contributed by atoms with Crippen molar-refractivity contribution in [3.63, 3.8) is 0 Å². The lowest BCUT2D eigenvalue weighted by atomic mass is 9.96. The van der Waals surface area contributed by atoms with Crippen molar-refractivity contribution in [1.82, 2.24) is 19.9 Å². The van der Waals surface area contributed by atoms with Crippen LogP contribution in [0.2, 0.25) is 0 Å². The number of aryl methyl sites for hydroxylation is 1. The summed E-state index contributed by atoms with van der Waals surface area (Å²) in [6.07, 6.45) is -3.50. The molecule has 0 aliphatic carbocycles. The van der Waals surface area contributed by atoms with Gasteiger partial charge in [0.15, 0.2) is 0 Å². The quantitative estimate of drug-likeness (QED) is 0.178. The van der Waals surface area contributed by atoms with Gasteiger partial charge >= 0.3 is 18.2 Å². The molecular formula is C31H26F4N4O7S. The molecule has 0 saturated carbocycles. The fourth-order valence-electron chi connectivity index (χ4n) is 5.26. The molecule has 0 spiro atoms. The minimum Gasteiger partial charge on any atom is -0.481 e. The molecule has 2 aromatic carbocycles. The van der Waals surface area contributed by atoms with Gasteiger partial charge in [0.2, 0.25) is 20.9 Å². The highest BCUT2D eigenvalue weighted by Crippen LogP contribution is 2.40. The van der Waals surface area contributed by atoms with E-state index in [-0.39, 0.29) is 28.3 Å². The van der Waals surface area contributed by atoms with Crippen molar-refractivity contribution in [3.8, 4) is 28.1 Å². The smallest absolute Gasteiger partial charge is 0.416 e. The second kappa shape index (κ2) is 12.2. The first kappa shape index (κ1) is 33.2. The zero-order chi connectivity index (χ0) is 34.4. The lowest BCUT2D eigenvalue weighted by Gasteiger charge is -2.22. The molecule has 11 nitrogen and oxygen atoms in total. The number of hydrogen-bond acceptors (Lipinski definition) is 9. The van der Waals surface area contributed by atoms with Crippen LogP contribution in [0.5, 0.6) is 5.88 Å². The van der Waals surface area contributed by atoms with Crippen molar-refractivity contribution in [3.05, 3.63) is 88.6 Å². The van der Waals surface area contributed by atoms with E-state index >= 15 is 0 Å². The maximum absolute atomic E-state index is 14.2. The number of cyclic esters (lactones) is 1. The lowest BCUT2D eigenvalue weighted by molar-refractivity contribution is -0.137. The van der Waals surface area contributed by atoms with E-state index in [4.69, 9.17) is 9.47 Å². The molecule has 16 heteroatoms. The van der Waals surface area contributed by atoms with Gasteiger partial charge in [-0.2, -0.15) is 13.2 Å². The number of pyridine rings is 1. The summed E-state index contributed by atoms with van der Waals surface area (Å²) in [5.74, 6) is -2.18. The number of carboxylic acids is 1. The van der Waals surface area contributed by atoms with Gasteiger partial charge in [0.05, 0.1) is 36.5 Å². The van der Waals surface area contributed by atoms with E-state index in [9.17, 15) is 40.7 Å². The Morgan fingerprint density at radius 2 is 1.79 bits per heavy atom. The molecule has 1 fully saturated rings. The first-order valence-electron chi connectivity index (χ1n) is 13.8. The molecule has 3 heterocycles. The Bertz CT molecular complexity index is 2020. The molecule has 4 aromatic rings. The maximum Gasteiger partial charge on any atom is 0.416 e. The van der Waals surface area contributed by atoms with E-state index < -0.39 is 63.3 Å². The van der Waals surface area contributed by atoms with Crippen molar-refractivity contribution >= 4 is 21.9 Å². The number of carboxylic acid groups (broad SMARTS) is 1. The van der Waals surface area contributed by atoms with Crippen molar-refractivity contribution < 1.29 is 50.1 Å². The zero-order valence-electron chi connectivity index (χ0n) is 25.2. The number of carbonyl (C=O) groups excluding carboxylic acids is 1. The van der Waals surface area contributed by atoms with Crippen molar-refractivity contribution in [2.75, 3.05) is 13.4 Å². The Kier molecular flexibility index (Phi) is 8.66. The highest BCUT2D eigenvalue weighted by Gasteiger charge is 2.42. The third kappa shape index (κ3) is 6.72. The number of ether oxygens (including phenoxy) is 2. The number of amides is 1. The van der Waals surface area contributed by atoms with Crippen LogP contribution in [0.25, 0.3) is 22.3 Å². The SMILES string of the molecule is COc1ncc(-c2ccc(C(=O)O)cc2C)cc1-c1cnc(S(C)(=O)=O)nc1CN1C(=O)O[C@H](c2cc(F)cc(C(F)(F)F)c2)[C@@H]1C. The fraction of sp³-hybridized carbons (Fsp3) is 0.258. The maximum atomic E-state index is 14.2. The van der Waals surface area contributed by atoms with Crippen LogP contribution in [0, 0.1) is 12.7 Å². The number of halogens is 4. The largest absolute Gasteiger partial charge is 0.481 e. The molecule has 0 unspecified atom stereocenters. The van der Waals surface area contributed by atoms with Gasteiger partial charge < -0.3 is 14.6 Å². The standard InChI is InChI=1S/C31H26F4N4O7S/c1-15-7-17(28(40)41)5-6-22(15)19-10-23(27(45-3)36-12-19)24-13-37-29(47(4,43)44)38-25(24)14-39-16(2)26(46-30(39)42)18-8-20(31(33,34)35)11-21(32)9-18/h5-13,16,26H,14H2,1-4H3,(H,40,41)/t16-,26-/m0/s1. The van der Waals surface area contributed by atoms with E-state index in [0.717, 1.165) is 17.2 Å². The molecule has 1 aliphatic heterocycles. The molecule has 5 rings (SSSR count). The van der Waals surface area contributed by atoms with Gasteiger partial charge in [-0.1, -0.05) is 6.07 Å². The monoisotopic (exact) mass is 674 g/mol. The van der Waals surface area contributed by atoms with Crippen LogP contribution < -0.4 is 4.74 Å². The topological polar surface area (TPSA) is 149 Å². The Labute approximate surface area is 265 Å². The average molecular weight is 675 g/mol. The van der Waals surface area contributed by atoms with Gasteiger partial charge in [-0.3, -0.25) is 4.90 Å². The van der Waals surface area contributed by atoms with Gasteiger partial charge in [0.25, 0.3) is 0 Å². The number of aromatic nitrogens is 3. The number of aromatic carboxylic acids is 1. The zero-order valence-corrected chi connectivity index (χ0v) is 26.0.